The van der Waals surface area contributed by atoms with Crippen molar-refractivity contribution in [3.8, 4) is 11.1 Å². The number of hydrogen-bond donors (Lipinski definition) is 0. The summed E-state index contributed by atoms with van der Waals surface area (Å²) in [6.07, 6.45) is 5.79. The Bertz CT molecular complexity index is 716. The third kappa shape index (κ3) is 4.05. The fourth-order valence-corrected chi connectivity index (χ4v) is 3.81. The fraction of sp³-hybridized carbons (Fsp3) is 0.478. The molecule has 1 fully saturated rings. The maximum absolute atomic E-state index is 13.9. The van der Waals surface area contributed by atoms with E-state index in [1.807, 2.05) is 6.07 Å². The van der Waals surface area contributed by atoms with Crippen LogP contribution >= 0.6 is 0 Å². The van der Waals surface area contributed by atoms with E-state index in [1.54, 1.807) is 12.1 Å². The lowest BCUT2D eigenvalue weighted by atomic mass is 9.91. The maximum atomic E-state index is 13.9. The van der Waals surface area contributed by atoms with Crippen molar-refractivity contribution < 1.29 is 4.39 Å². The summed E-state index contributed by atoms with van der Waals surface area (Å²) in [5.41, 5.74) is 6.31. The normalized spacial score (nSPS) is 15.6. The van der Waals surface area contributed by atoms with E-state index in [4.69, 9.17) is 0 Å². The van der Waals surface area contributed by atoms with E-state index in [0.29, 0.717) is 5.92 Å². The molecule has 0 aromatic heterocycles. The molecule has 0 spiro atoms. The van der Waals surface area contributed by atoms with Gasteiger partial charge in [-0.15, -0.1) is 0 Å². The molecular weight excluding hydrogens is 309 g/mol. The quantitative estimate of drug-likeness (QED) is 0.602. The minimum Gasteiger partial charge on any atom is -0.371 e. The van der Waals surface area contributed by atoms with Crippen LogP contribution in [-0.2, 0) is 12.8 Å². The summed E-state index contributed by atoms with van der Waals surface area (Å²) in [7, 11) is 0. The van der Waals surface area contributed by atoms with Gasteiger partial charge in [-0.05, 0) is 66.5 Å². The summed E-state index contributed by atoms with van der Waals surface area (Å²) in [6, 6.07) is 12.1. The molecule has 1 aliphatic heterocycles. The monoisotopic (exact) mass is 339 g/mol. The molecular formula is C23H30FN. The van der Waals surface area contributed by atoms with Crippen molar-refractivity contribution in [2.75, 3.05) is 18.0 Å². The zero-order valence-electron chi connectivity index (χ0n) is 15.8. The Morgan fingerprint density at radius 1 is 1.00 bits per heavy atom. The predicted octanol–water partition coefficient (Wildman–Crippen LogP) is 6.24. The molecule has 25 heavy (non-hydrogen) atoms. The number of benzene rings is 2. The third-order valence-corrected chi connectivity index (χ3v) is 5.57. The first-order chi connectivity index (χ1) is 12.1. The average molecular weight is 339 g/mol. The molecule has 1 nitrogen and oxygen atoms in total. The van der Waals surface area contributed by atoms with Gasteiger partial charge in [-0.2, -0.15) is 0 Å². The Morgan fingerprint density at radius 3 is 2.44 bits per heavy atom. The Kier molecular flexibility index (Phi) is 5.78. The van der Waals surface area contributed by atoms with E-state index in [2.05, 4.69) is 43.9 Å². The highest BCUT2D eigenvalue weighted by Gasteiger charge is 2.18. The minimum absolute atomic E-state index is 0.144. The fourth-order valence-electron chi connectivity index (χ4n) is 3.81. The van der Waals surface area contributed by atoms with Gasteiger partial charge in [0.2, 0.25) is 0 Å². The molecule has 1 saturated heterocycles. The predicted molar refractivity (Wildman–Crippen MR) is 106 cm³/mol. The highest BCUT2D eigenvalue weighted by atomic mass is 19.1. The van der Waals surface area contributed by atoms with Gasteiger partial charge >= 0.3 is 0 Å². The van der Waals surface area contributed by atoms with E-state index in [0.717, 1.165) is 37.2 Å². The molecule has 2 aromatic rings. The van der Waals surface area contributed by atoms with Gasteiger partial charge in [0, 0.05) is 24.3 Å². The summed E-state index contributed by atoms with van der Waals surface area (Å²) in [5.74, 6) is 0.567. The van der Waals surface area contributed by atoms with E-state index in [9.17, 15) is 4.39 Å². The zero-order valence-corrected chi connectivity index (χ0v) is 15.8. The summed E-state index contributed by atoms with van der Waals surface area (Å²) in [6.45, 7) is 8.86. The van der Waals surface area contributed by atoms with Crippen molar-refractivity contribution in [3.63, 3.8) is 0 Å². The van der Waals surface area contributed by atoms with E-state index in [-0.39, 0.29) is 5.82 Å². The highest BCUT2D eigenvalue weighted by molar-refractivity contribution is 5.79. The minimum atomic E-state index is -0.144. The Labute approximate surface area is 151 Å². The lowest BCUT2D eigenvalue weighted by Crippen LogP contribution is -2.18. The summed E-state index contributed by atoms with van der Waals surface area (Å²) in [4.78, 5) is 2.33. The average Bonchev–Trinajstić information content (AvgIpc) is 3.16. The second kappa shape index (κ2) is 8.03. The van der Waals surface area contributed by atoms with E-state index >= 15 is 0 Å². The molecule has 0 amide bonds. The van der Waals surface area contributed by atoms with E-state index in [1.165, 1.54) is 36.0 Å². The highest BCUT2D eigenvalue weighted by Crippen LogP contribution is 2.35. The number of anilines is 1. The molecule has 1 atom stereocenters. The van der Waals surface area contributed by atoms with Crippen molar-refractivity contribution >= 4 is 5.69 Å². The topological polar surface area (TPSA) is 3.24 Å². The number of rotatable bonds is 6. The lowest BCUT2D eigenvalue weighted by molar-refractivity contribution is 0.558. The van der Waals surface area contributed by atoms with Gasteiger partial charge < -0.3 is 4.90 Å². The van der Waals surface area contributed by atoms with Crippen LogP contribution in [-0.4, -0.2) is 13.1 Å². The van der Waals surface area contributed by atoms with Gasteiger partial charge in [0.25, 0.3) is 0 Å². The SMILES string of the molecule is CCc1cc(-c2ccc(F)cc2N2CCCC2)ccc1CC(C)CC. The molecule has 0 bridgehead atoms. The standard InChI is InChI=1S/C23H30FN/c1-4-17(3)14-19-8-9-20(15-18(19)5-2)22-11-10-21(24)16-23(22)25-12-6-7-13-25/h8-11,15-17H,4-7,12-14H2,1-3H3. The number of hydrogen-bond acceptors (Lipinski definition) is 1. The molecule has 0 aliphatic carbocycles. The molecule has 2 aromatic carbocycles. The van der Waals surface area contributed by atoms with Crippen LogP contribution in [0.5, 0.6) is 0 Å². The molecule has 1 unspecified atom stereocenters. The van der Waals surface area contributed by atoms with Crippen molar-refractivity contribution in [2.24, 2.45) is 5.92 Å². The largest absolute Gasteiger partial charge is 0.371 e. The van der Waals surface area contributed by atoms with Crippen molar-refractivity contribution in [1.29, 1.82) is 0 Å². The van der Waals surface area contributed by atoms with Gasteiger partial charge in [-0.25, -0.2) is 4.39 Å². The number of halogens is 1. The van der Waals surface area contributed by atoms with Crippen molar-refractivity contribution in [3.05, 3.63) is 53.3 Å². The number of aryl methyl sites for hydroxylation is 1. The molecule has 1 heterocycles. The second-order valence-corrected chi connectivity index (χ2v) is 7.41. The second-order valence-electron chi connectivity index (χ2n) is 7.41. The summed E-state index contributed by atoms with van der Waals surface area (Å²) >= 11 is 0. The molecule has 1 aliphatic rings. The van der Waals surface area contributed by atoms with Crippen LogP contribution in [0.4, 0.5) is 10.1 Å². The van der Waals surface area contributed by atoms with Crippen molar-refractivity contribution in [2.45, 2.75) is 52.9 Å². The van der Waals surface area contributed by atoms with Crippen LogP contribution in [0.2, 0.25) is 0 Å². The van der Waals surface area contributed by atoms with Crippen LogP contribution in [0.3, 0.4) is 0 Å². The molecule has 134 valence electrons. The Hall–Kier alpha value is -1.83. The third-order valence-electron chi connectivity index (χ3n) is 5.57. The molecule has 0 saturated carbocycles. The van der Waals surface area contributed by atoms with Gasteiger partial charge in [-0.3, -0.25) is 0 Å². The molecule has 0 radical (unpaired) electrons. The first-order valence-electron chi connectivity index (χ1n) is 9.79. The van der Waals surface area contributed by atoms with E-state index < -0.39 is 0 Å². The van der Waals surface area contributed by atoms with Gasteiger partial charge in [0.15, 0.2) is 0 Å². The maximum Gasteiger partial charge on any atom is 0.125 e. The van der Waals surface area contributed by atoms with Gasteiger partial charge in [0.05, 0.1) is 0 Å². The van der Waals surface area contributed by atoms with Crippen LogP contribution in [0.15, 0.2) is 36.4 Å². The van der Waals surface area contributed by atoms with Crippen LogP contribution in [0, 0.1) is 11.7 Å². The Balaban J connectivity index is 1.99. The van der Waals surface area contributed by atoms with Crippen LogP contribution in [0.1, 0.15) is 51.2 Å². The lowest BCUT2D eigenvalue weighted by Gasteiger charge is -2.22. The molecule has 0 N–H and O–H groups in total. The van der Waals surface area contributed by atoms with Crippen LogP contribution in [0.25, 0.3) is 11.1 Å². The van der Waals surface area contributed by atoms with Crippen LogP contribution < -0.4 is 4.90 Å². The summed E-state index contributed by atoms with van der Waals surface area (Å²) in [5, 5.41) is 0. The first kappa shape index (κ1) is 18.0. The molecule has 3 rings (SSSR count). The smallest absolute Gasteiger partial charge is 0.125 e. The van der Waals surface area contributed by atoms with Gasteiger partial charge in [-0.1, -0.05) is 45.4 Å². The number of nitrogens with zero attached hydrogens (tertiary/aromatic N) is 1. The van der Waals surface area contributed by atoms with Gasteiger partial charge in [0.1, 0.15) is 5.82 Å². The van der Waals surface area contributed by atoms with Crippen molar-refractivity contribution in [1.82, 2.24) is 0 Å². The summed E-state index contributed by atoms with van der Waals surface area (Å²) < 4.78 is 13.9. The zero-order chi connectivity index (χ0) is 17.8. The Morgan fingerprint density at radius 2 is 1.76 bits per heavy atom. The first-order valence-corrected chi connectivity index (χ1v) is 9.79. The molecule has 2 heteroatoms.